The summed E-state index contributed by atoms with van der Waals surface area (Å²) in [5.41, 5.74) is 1.18. The normalized spacial score (nSPS) is 25.7. The molecule has 2 atom stereocenters. The molecule has 0 aromatic heterocycles. The topological polar surface area (TPSA) is 43.4 Å². The predicted molar refractivity (Wildman–Crippen MR) is 67.4 cm³/mol. The lowest BCUT2D eigenvalue weighted by Crippen LogP contribution is -2.28. The molecule has 1 fully saturated rings. The molecule has 1 aliphatic rings. The largest absolute Gasteiger partial charge is 0.266 e. The second-order valence-electron chi connectivity index (χ2n) is 4.64. The van der Waals surface area contributed by atoms with E-state index in [2.05, 4.69) is 12.1 Å². The summed E-state index contributed by atoms with van der Waals surface area (Å²) in [5, 5.41) is 0. The van der Waals surface area contributed by atoms with Crippen molar-refractivity contribution in [3.8, 4) is 0 Å². The molecular weight excluding hydrogens is 236 g/mol. The van der Waals surface area contributed by atoms with Crippen molar-refractivity contribution in [2.45, 2.75) is 37.7 Å². The zero-order valence-corrected chi connectivity index (χ0v) is 10.8. The van der Waals surface area contributed by atoms with Gasteiger partial charge in [-0.3, -0.25) is 4.18 Å². The van der Waals surface area contributed by atoms with E-state index in [4.69, 9.17) is 4.18 Å². The molecular formula is C13H18O3S. The standard InChI is InChI=1S/C13H18O3S/c1-17(14,15)16-13-10-6-5-9-12(13)11-7-3-2-4-8-11/h2-4,7-8,12-13H,5-6,9-10H2,1H3/t12-,13+/m1/s1. The van der Waals surface area contributed by atoms with Crippen molar-refractivity contribution < 1.29 is 12.6 Å². The summed E-state index contributed by atoms with van der Waals surface area (Å²) in [5.74, 6) is 0.208. The first-order valence-corrected chi connectivity index (χ1v) is 7.81. The summed E-state index contributed by atoms with van der Waals surface area (Å²) in [4.78, 5) is 0. The Labute approximate surface area is 103 Å². The van der Waals surface area contributed by atoms with Crippen LogP contribution < -0.4 is 0 Å². The van der Waals surface area contributed by atoms with E-state index in [9.17, 15) is 8.42 Å². The van der Waals surface area contributed by atoms with Gasteiger partial charge in [0.15, 0.2) is 0 Å². The minimum atomic E-state index is -3.36. The summed E-state index contributed by atoms with van der Waals surface area (Å²) in [7, 11) is -3.36. The third-order valence-corrected chi connectivity index (χ3v) is 3.83. The molecule has 4 heteroatoms. The summed E-state index contributed by atoms with van der Waals surface area (Å²) in [6, 6.07) is 10.0. The lowest BCUT2D eigenvalue weighted by Gasteiger charge is -2.30. The molecule has 2 rings (SSSR count). The van der Waals surface area contributed by atoms with Gasteiger partial charge in [0, 0.05) is 5.92 Å². The van der Waals surface area contributed by atoms with Crippen LogP contribution in [-0.2, 0) is 14.3 Å². The zero-order chi connectivity index (χ0) is 12.3. The maximum atomic E-state index is 11.3. The monoisotopic (exact) mass is 254 g/mol. The predicted octanol–water partition coefficient (Wildman–Crippen LogP) is 2.69. The van der Waals surface area contributed by atoms with Gasteiger partial charge >= 0.3 is 0 Å². The molecule has 0 aliphatic heterocycles. The van der Waals surface area contributed by atoms with Crippen LogP contribution in [0.3, 0.4) is 0 Å². The highest BCUT2D eigenvalue weighted by atomic mass is 32.2. The Morgan fingerprint density at radius 3 is 2.41 bits per heavy atom. The van der Waals surface area contributed by atoms with Gasteiger partial charge in [-0.1, -0.05) is 43.2 Å². The van der Waals surface area contributed by atoms with Crippen LogP contribution in [0.5, 0.6) is 0 Å². The van der Waals surface area contributed by atoms with Gasteiger partial charge in [-0.25, -0.2) is 0 Å². The van der Waals surface area contributed by atoms with Crippen LogP contribution in [-0.4, -0.2) is 20.8 Å². The molecule has 0 heterocycles. The highest BCUT2D eigenvalue weighted by molar-refractivity contribution is 7.86. The molecule has 17 heavy (non-hydrogen) atoms. The van der Waals surface area contributed by atoms with Crippen LogP contribution in [0.2, 0.25) is 0 Å². The number of benzene rings is 1. The van der Waals surface area contributed by atoms with Gasteiger partial charge in [-0.2, -0.15) is 8.42 Å². The molecule has 1 aliphatic carbocycles. The molecule has 3 nitrogen and oxygen atoms in total. The fourth-order valence-electron chi connectivity index (χ4n) is 2.52. The van der Waals surface area contributed by atoms with Gasteiger partial charge in [0.05, 0.1) is 12.4 Å². The first-order chi connectivity index (χ1) is 8.06. The summed E-state index contributed by atoms with van der Waals surface area (Å²) in [6.07, 6.45) is 4.95. The van der Waals surface area contributed by atoms with E-state index in [0.717, 1.165) is 31.9 Å². The minimum Gasteiger partial charge on any atom is -0.266 e. The van der Waals surface area contributed by atoms with Crippen molar-refractivity contribution in [2.24, 2.45) is 0 Å². The Hall–Kier alpha value is -0.870. The van der Waals surface area contributed by atoms with E-state index in [1.165, 1.54) is 5.56 Å². The summed E-state index contributed by atoms with van der Waals surface area (Å²) >= 11 is 0. The molecule has 0 radical (unpaired) electrons. The number of hydrogen-bond acceptors (Lipinski definition) is 3. The van der Waals surface area contributed by atoms with Gasteiger partial charge in [0.25, 0.3) is 10.1 Å². The molecule has 0 unspecified atom stereocenters. The zero-order valence-electron chi connectivity index (χ0n) is 10.0. The molecule has 0 N–H and O–H groups in total. The molecule has 94 valence electrons. The second-order valence-corrected chi connectivity index (χ2v) is 6.24. The molecule has 0 spiro atoms. The van der Waals surface area contributed by atoms with Gasteiger partial charge in [-0.05, 0) is 18.4 Å². The average Bonchev–Trinajstić information content (AvgIpc) is 2.29. The third-order valence-electron chi connectivity index (χ3n) is 3.23. The van der Waals surface area contributed by atoms with Crippen molar-refractivity contribution in [1.29, 1.82) is 0 Å². The molecule has 1 aromatic rings. The smallest absolute Gasteiger partial charge is 0.264 e. The van der Waals surface area contributed by atoms with Crippen molar-refractivity contribution in [1.82, 2.24) is 0 Å². The Kier molecular flexibility index (Phi) is 3.84. The van der Waals surface area contributed by atoms with Crippen LogP contribution in [0.15, 0.2) is 30.3 Å². The van der Waals surface area contributed by atoms with Crippen LogP contribution in [0.1, 0.15) is 37.2 Å². The van der Waals surface area contributed by atoms with Gasteiger partial charge in [-0.15, -0.1) is 0 Å². The Morgan fingerprint density at radius 1 is 1.12 bits per heavy atom. The van der Waals surface area contributed by atoms with Crippen molar-refractivity contribution in [3.05, 3.63) is 35.9 Å². The van der Waals surface area contributed by atoms with Crippen LogP contribution in [0, 0.1) is 0 Å². The Morgan fingerprint density at radius 2 is 1.76 bits per heavy atom. The lowest BCUT2D eigenvalue weighted by atomic mass is 9.82. The van der Waals surface area contributed by atoms with Crippen molar-refractivity contribution in [3.63, 3.8) is 0 Å². The first kappa shape index (κ1) is 12.6. The van der Waals surface area contributed by atoms with Crippen LogP contribution >= 0.6 is 0 Å². The van der Waals surface area contributed by atoms with Crippen LogP contribution in [0.25, 0.3) is 0 Å². The van der Waals surface area contributed by atoms with E-state index in [1.54, 1.807) is 0 Å². The van der Waals surface area contributed by atoms with E-state index < -0.39 is 10.1 Å². The van der Waals surface area contributed by atoms with Gasteiger partial charge < -0.3 is 0 Å². The van der Waals surface area contributed by atoms with E-state index in [-0.39, 0.29) is 12.0 Å². The average molecular weight is 254 g/mol. The van der Waals surface area contributed by atoms with Gasteiger partial charge in [0.1, 0.15) is 0 Å². The first-order valence-electron chi connectivity index (χ1n) is 5.99. The molecule has 0 saturated heterocycles. The SMILES string of the molecule is CS(=O)(=O)O[C@H]1CCCC[C@@H]1c1ccccc1. The number of rotatable bonds is 3. The molecule has 1 aromatic carbocycles. The highest BCUT2D eigenvalue weighted by Crippen LogP contribution is 2.35. The fourth-order valence-corrected chi connectivity index (χ4v) is 3.20. The van der Waals surface area contributed by atoms with E-state index in [0.29, 0.717) is 0 Å². The number of hydrogen-bond donors (Lipinski definition) is 0. The van der Waals surface area contributed by atoms with Gasteiger partial charge in [0.2, 0.25) is 0 Å². The molecule has 0 amide bonds. The lowest BCUT2D eigenvalue weighted by molar-refractivity contribution is 0.138. The fraction of sp³-hybridized carbons (Fsp3) is 0.538. The Bertz CT molecular complexity index is 453. The minimum absolute atomic E-state index is 0.193. The second kappa shape index (κ2) is 5.19. The van der Waals surface area contributed by atoms with E-state index >= 15 is 0 Å². The summed E-state index contributed by atoms with van der Waals surface area (Å²) < 4.78 is 27.7. The quantitative estimate of drug-likeness (QED) is 0.779. The maximum absolute atomic E-state index is 11.3. The molecule has 1 saturated carbocycles. The molecule has 0 bridgehead atoms. The maximum Gasteiger partial charge on any atom is 0.264 e. The van der Waals surface area contributed by atoms with Crippen molar-refractivity contribution in [2.75, 3.05) is 6.26 Å². The third kappa shape index (κ3) is 3.54. The van der Waals surface area contributed by atoms with Crippen LogP contribution in [0.4, 0.5) is 0 Å². The Balaban J connectivity index is 2.18. The highest BCUT2D eigenvalue weighted by Gasteiger charge is 2.29. The van der Waals surface area contributed by atoms with Crippen molar-refractivity contribution >= 4 is 10.1 Å². The summed E-state index contributed by atoms with van der Waals surface area (Å²) in [6.45, 7) is 0. The van der Waals surface area contributed by atoms with E-state index in [1.807, 2.05) is 18.2 Å².